The molecule has 1 aliphatic heterocycles. The fourth-order valence-electron chi connectivity index (χ4n) is 2.35. The molecule has 23 heavy (non-hydrogen) atoms. The second kappa shape index (κ2) is 7.19. The smallest absolute Gasteiger partial charge is 0.266 e. The first kappa shape index (κ1) is 16.1. The predicted octanol–water partition coefficient (Wildman–Crippen LogP) is 3.06. The average molecular weight is 347 g/mol. The van der Waals surface area contributed by atoms with Gasteiger partial charge < -0.3 is 10.1 Å². The van der Waals surface area contributed by atoms with Crippen LogP contribution in [0.15, 0.2) is 53.4 Å². The molecule has 2 aromatic rings. The molecule has 4 nitrogen and oxygen atoms in total. The second-order valence-corrected chi connectivity index (χ2v) is 7.77. The van der Waals surface area contributed by atoms with Gasteiger partial charge in [0, 0.05) is 39.1 Å². The van der Waals surface area contributed by atoms with Crippen molar-refractivity contribution in [3.63, 3.8) is 0 Å². The van der Waals surface area contributed by atoms with Crippen LogP contribution in [0.3, 0.4) is 0 Å². The molecule has 1 heterocycles. The number of ether oxygens (including phenoxy) is 1. The van der Waals surface area contributed by atoms with Crippen LogP contribution in [0.25, 0.3) is 0 Å². The topological polar surface area (TPSA) is 55.4 Å². The fraction of sp³-hybridized carbons (Fsp3) is 0.235. The number of nitrogens with one attached hydrogen (secondary N) is 1. The standard InChI is InChI=1S/C17H17NO3S2/c1-23(20)11-12-5-4-6-13(9-12)18-17(19)15-10-22-16-8-3-2-7-14(16)21-15/h2-9,15H,10-11H2,1H3,(H,18,19). The van der Waals surface area contributed by atoms with Gasteiger partial charge in [0.2, 0.25) is 0 Å². The maximum Gasteiger partial charge on any atom is 0.266 e. The monoisotopic (exact) mass is 347 g/mol. The Balaban J connectivity index is 1.67. The first-order valence-electron chi connectivity index (χ1n) is 7.20. The zero-order chi connectivity index (χ0) is 16.2. The highest BCUT2D eigenvalue weighted by Gasteiger charge is 2.26. The van der Waals surface area contributed by atoms with Crippen molar-refractivity contribution in [2.24, 2.45) is 0 Å². The van der Waals surface area contributed by atoms with Crippen LogP contribution >= 0.6 is 11.8 Å². The zero-order valence-electron chi connectivity index (χ0n) is 12.7. The van der Waals surface area contributed by atoms with Gasteiger partial charge in [0.25, 0.3) is 5.91 Å². The van der Waals surface area contributed by atoms with Crippen LogP contribution in [0.1, 0.15) is 5.56 Å². The van der Waals surface area contributed by atoms with Gasteiger partial charge in [-0.1, -0.05) is 24.3 Å². The number of para-hydroxylation sites is 1. The summed E-state index contributed by atoms with van der Waals surface area (Å²) in [6, 6.07) is 15.1. The van der Waals surface area contributed by atoms with Crippen molar-refractivity contribution < 1.29 is 13.7 Å². The van der Waals surface area contributed by atoms with Crippen LogP contribution in [-0.4, -0.2) is 28.2 Å². The summed E-state index contributed by atoms with van der Waals surface area (Å²) in [5, 5.41) is 2.88. The van der Waals surface area contributed by atoms with E-state index in [1.807, 2.05) is 48.5 Å². The van der Waals surface area contributed by atoms with E-state index in [0.29, 0.717) is 17.2 Å². The van der Waals surface area contributed by atoms with E-state index in [0.717, 1.165) is 16.2 Å². The van der Waals surface area contributed by atoms with Crippen molar-refractivity contribution in [1.29, 1.82) is 0 Å². The summed E-state index contributed by atoms with van der Waals surface area (Å²) >= 11 is 1.62. The molecule has 120 valence electrons. The number of rotatable bonds is 4. The van der Waals surface area contributed by atoms with E-state index < -0.39 is 16.9 Å². The van der Waals surface area contributed by atoms with Crippen LogP contribution in [0.4, 0.5) is 5.69 Å². The molecule has 2 aromatic carbocycles. The Bertz CT molecular complexity index is 748. The molecule has 0 fully saturated rings. The molecular weight excluding hydrogens is 330 g/mol. The third-order valence-electron chi connectivity index (χ3n) is 3.37. The third kappa shape index (κ3) is 4.14. The van der Waals surface area contributed by atoms with E-state index in [9.17, 15) is 9.00 Å². The SMILES string of the molecule is CS(=O)Cc1cccc(NC(=O)C2CSc3ccccc3O2)c1. The number of hydrogen-bond acceptors (Lipinski definition) is 4. The summed E-state index contributed by atoms with van der Waals surface area (Å²) in [6.45, 7) is 0. The van der Waals surface area contributed by atoms with Gasteiger partial charge in [-0.3, -0.25) is 9.00 Å². The van der Waals surface area contributed by atoms with Crippen LogP contribution < -0.4 is 10.1 Å². The van der Waals surface area contributed by atoms with E-state index in [1.54, 1.807) is 18.0 Å². The first-order valence-corrected chi connectivity index (χ1v) is 9.91. The average Bonchev–Trinajstić information content (AvgIpc) is 2.54. The number of fused-ring (bicyclic) bond motifs is 1. The zero-order valence-corrected chi connectivity index (χ0v) is 14.3. The molecule has 0 bridgehead atoms. The van der Waals surface area contributed by atoms with Crippen molar-refractivity contribution in [3.05, 3.63) is 54.1 Å². The van der Waals surface area contributed by atoms with Crippen molar-refractivity contribution >= 4 is 34.2 Å². The number of anilines is 1. The fourth-order valence-corrected chi connectivity index (χ4v) is 3.98. The molecule has 1 aliphatic rings. The molecule has 1 amide bonds. The van der Waals surface area contributed by atoms with Crippen LogP contribution in [0, 0.1) is 0 Å². The third-order valence-corrected chi connectivity index (χ3v) is 5.22. The van der Waals surface area contributed by atoms with Gasteiger partial charge in [-0.15, -0.1) is 11.8 Å². The summed E-state index contributed by atoms with van der Waals surface area (Å²) in [6.07, 6.45) is 1.15. The lowest BCUT2D eigenvalue weighted by molar-refractivity contribution is -0.122. The molecule has 2 atom stereocenters. The molecular formula is C17H17NO3S2. The quantitative estimate of drug-likeness (QED) is 0.923. The number of carbonyl (C=O) groups excluding carboxylic acids is 1. The number of benzene rings is 2. The molecule has 0 spiro atoms. The Kier molecular flexibility index (Phi) is 5.03. The van der Waals surface area contributed by atoms with Crippen molar-refractivity contribution in [2.75, 3.05) is 17.3 Å². The van der Waals surface area contributed by atoms with Gasteiger partial charge in [-0.2, -0.15) is 0 Å². The second-order valence-electron chi connectivity index (χ2n) is 5.27. The lowest BCUT2D eigenvalue weighted by Gasteiger charge is -2.24. The Morgan fingerprint density at radius 3 is 2.96 bits per heavy atom. The lowest BCUT2D eigenvalue weighted by Crippen LogP contribution is -2.36. The van der Waals surface area contributed by atoms with Crippen LogP contribution in [0.5, 0.6) is 5.75 Å². The van der Waals surface area contributed by atoms with Crippen molar-refractivity contribution in [2.45, 2.75) is 16.8 Å². The van der Waals surface area contributed by atoms with Crippen molar-refractivity contribution in [3.8, 4) is 5.75 Å². The summed E-state index contributed by atoms with van der Waals surface area (Å²) in [5.74, 6) is 1.65. The molecule has 0 aromatic heterocycles. The lowest BCUT2D eigenvalue weighted by atomic mass is 10.2. The van der Waals surface area contributed by atoms with Gasteiger partial charge in [-0.05, 0) is 29.8 Å². The minimum atomic E-state index is -0.907. The molecule has 6 heteroatoms. The Hall–Kier alpha value is -1.79. The van der Waals surface area contributed by atoms with E-state index in [1.165, 1.54) is 0 Å². The highest BCUT2D eigenvalue weighted by atomic mass is 32.2. The van der Waals surface area contributed by atoms with Gasteiger partial charge in [0.15, 0.2) is 6.10 Å². The normalized spacial score (nSPS) is 17.7. The van der Waals surface area contributed by atoms with E-state index >= 15 is 0 Å². The minimum Gasteiger partial charge on any atom is -0.479 e. The van der Waals surface area contributed by atoms with Gasteiger partial charge >= 0.3 is 0 Å². The summed E-state index contributed by atoms with van der Waals surface area (Å²) < 4.78 is 17.1. The summed E-state index contributed by atoms with van der Waals surface area (Å²) in [4.78, 5) is 13.5. The number of amides is 1. The van der Waals surface area contributed by atoms with Crippen LogP contribution in [-0.2, 0) is 21.3 Å². The van der Waals surface area contributed by atoms with Gasteiger partial charge in [-0.25, -0.2) is 0 Å². The van der Waals surface area contributed by atoms with E-state index in [2.05, 4.69) is 5.32 Å². The predicted molar refractivity (Wildman–Crippen MR) is 94.4 cm³/mol. The van der Waals surface area contributed by atoms with Gasteiger partial charge in [0.1, 0.15) is 5.75 Å². The highest BCUT2D eigenvalue weighted by molar-refractivity contribution is 7.99. The largest absolute Gasteiger partial charge is 0.479 e. The summed E-state index contributed by atoms with van der Waals surface area (Å²) in [7, 11) is -0.907. The number of hydrogen-bond donors (Lipinski definition) is 1. The molecule has 0 saturated carbocycles. The van der Waals surface area contributed by atoms with E-state index in [-0.39, 0.29) is 5.91 Å². The van der Waals surface area contributed by atoms with Crippen LogP contribution in [0.2, 0.25) is 0 Å². The molecule has 0 radical (unpaired) electrons. The molecule has 0 saturated heterocycles. The minimum absolute atomic E-state index is 0.165. The molecule has 3 rings (SSSR count). The van der Waals surface area contributed by atoms with E-state index in [4.69, 9.17) is 4.74 Å². The number of carbonyl (C=O) groups is 1. The summed E-state index contributed by atoms with van der Waals surface area (Å²) in [5.41, 5.74) is 1.64. The Morgan fingerprint density at radius 1 is 1.30 bits per heavy atom. The molecule has 1 N–H and O–H groups in total. The first-order chi connectivity index (χ1) is 11.1. The maximum atomic E-state index is 12.4. The Morgan fingerprint density at radius 2 is 2.13 bits per heavy atom. The highest BCUT2D eigenvalue weighted by Crippen LogP contribution is 2.35. The van der Waals surface area contributed by atoms with Gasteiger partial charge in [0.05, 0.1) is 0 Å². The molecule has 0 aliphatic carbocycles. The Labute approximate surface area is 142 Å². The molecule has 2 unspecified atom stereocenters. The number of thioether (sulfide) groups is 1. The maximum absolute atomic E-state index is 12.4. The van der Waals surface area contributed by atoms with Crippen molar-refractivity contribution in [1.82, 2.24) is 0 Å².